The van der Waals surface area contributed by atoms with Crippen LogP contribution in [0.4, 0.5) is 0 Å². The van der Waals surface area contributed by atoms with E-state index >= 15 is 0 Å². The van der Waals surface area contributed by atoms with E-state index in [1.807, 2.05) is 12.2 Å². The standard InChI is InChI=1S/C15H17O/c1-5-9-12-11-16-15(8-4)13(7-3)14(12)10-6-2/h5-8,11H,1-4,9-10H2. The zero-order valence-corrected chi connectivity index (χ0v) is 9.54. The van der Waals surface area contributed by atoms with Crippen LogP contribution in [0, 0.1) is 6.61 Å². The third-order valence-electron chi connectivity index (χ3n) is 2.41. The highest BCUT2D eigenvalue weighted by molar-refractivity contribution is 5.51. The van der Waals surface area contributed by atoms with Crippen molar-refractivity contribution in [2.45, 2.75) is 12.8 Å². The van der Waals surface area contributed by atoms with Crippen LogP contribution in [0.15, 0.2) is 73.1 Å². The Morgan fingerprint density at radius 2 is 1.69 bits per heavy atom. The predicted octanol–water partition coefficient (Wildman–Crippen LogP) is 4.25. The summed E-state index contributed by atoms with van der Waals surface area (Å²) in [6, 6.07) is 0. The van der Waals surface area contributed by atoms with Gasteiger partial charge in [0.25, 0.3) is 0 Å². The molecule has 1 radical (unpaired) electrons. The first-order valence-electron chi connectivity index (χ1n) is 5.21. The lowest BCUT2D eigenvalue weighted by Crippen LogP contribution is -2.06. The van der Waals surface area contributed by atoms with Gasteiger partial charge in [0, 0.05) is 5.57 Å². The lowest BCUT2D eigenvalue weighted by atomic mass is 9.92. The molecule has 0 N–H and O–H groups in total. The molecule has 1 aliphatic heterocycles. The van der Waals surface area contributed by atoms with E-state index in [2.05, 4.69) is 26.3 Å². The van der Waals surface area contributed by atoms with Crippen molar-refractivity contribution in [3.63, 3.8) is 0 Å². The van der Waals surface area contributed by atoms with Crippen molar-refractivity contribution in [3.05, 3.63) is 79.7 Å². The molecule has 0 amide bonds. The fourth-order valence-corrected chi connectivity index (χ4v) is 1.68. The zero-order valence-electron chi connectivity index (χ0n) is 9.54. The molecule has 0 aromatic heterocycles. The van der Waals surface area contributed by atoms with E-state index in [0.717, 1.165) is 29.7 Å². The molecule has 1 rings (SSSR count). The summed E-state index contributed by atoms with van der Waals surface area (Å²) in [6.07, 6.45) is 8.81. The van der Waals surface area contributed by atoms with Crippen LogP contribution in [0.2, 0.25) is 0 Å². The summed E-state index contributed by atoms with van der Waals surface area (Å²) in [6.45, 7) is 16.8. The molecule has 16 heavy (non-hydrogen) atoms. The van der Waals surface area contributed by atoms with Crippen LogP contribution >= 0.6 is 0 Å². The van der Waals surface area contributed by atoms with Crippen LogP contribution in [0.25, 0.3) is 0 Å². The number of hydrogen-bond donors (Lipinski definition) is 0. The topological polar surface area (TPSA) is 9.23 Å². The van der Waals surface area contributed by atoms with E-state index in [0.29, 0.717) is 0 Å². The second-order valence-electron chi connectivity index (χ2n) is 3.41. The van der Waals surface area contributed by atoms with Crippen molar-refractivity contribution >= 4 is 0 Å². The fraction of sp³-hybridized carbons (Fsp3) is 0.133. The maximum atomic E-state index is 5.50. The van der Waals surface area contributed by atoms with E-state index in [-0.39, 0.29) is 0 Å². The third kappa shape index (κ3) is 2.43. The van der Waals surface area contributed by atoms with Gasteiger partial charge in [-0.1, -0.05) is 31.4 Å². The zero-order chi connectivity index (χ0) is 12.0. The number of allylic oxidation sites excluding steroid dienone is 6. The molecule has 0 spiro atoms. The summed E-state index contributed by atoms with van der Waals surface area (Å²) >= 11 is 0. The molecule has 1 aliphatic rings. The molecule has 0 bridgehead atoms. The van der Waals surface area contributed by atoms with Crippen LogP contribution in [-0.2, 0) is 4.74 Å². The molecule has 0 unspecified atom stereocenters. The molecular formula is C15H17O. The first kappa shape index (κ1) is 12.3. The highest BCUT2D eigenvalue weighted by Gasteiger charge is 2.18. The Bertz CT molecular complexity index is 380. The van der Waals surface area contributed by atoms with Crippen molar-refractivity contribution in [2.24, 2.45) is 0 Å². The van der Waals surface area contributed by atoms with Crippen molar-refractivity contribution < 1.29 is 4.74 Å². The van der Waals surface area contributed by atoms with Crippen molar-refractivity contribution in [2.75, 3.05) is 0 Å². The SMILES string of the molecule is C=CCC1=C(CC=C)C(C=C)=C(C=C)O[CH]1. The molecule has 1 heterocycles. The number of hydrogen-bond acceptors (Lipinski definition) is 1. The summed E-state index contributed by atoms with van der Waals surface area (Å²) in [5.41, 5.74) is 3.30. The third-order valence-corrected chi connectivity index (χ3v) is 2.41. The molecule has 0 saturated carbocycles. The number of rotatable bonds is 6. The summed E-state index contributed by atoms with van der Waals surface area (Å²) in [5, 5.41) is 0. The predicted molar refractivity (Wildman–Crippen MR) is 69.5 cm³/mol. The Labute approximate surface area is 97.8 Å². The maximum absolute atomic E-state index is 5.50. The van der Waals surface area contributed by atoms with Gasteiger partial charge in [0.05, 0.1) is 0 Å². The highest BCUT2D eigenvalue weighted by Crippen LogP contribution is 2.33. The molecule has 0 fully saturated rings. The summed E-state index contributed by atoms with van der Waals surface area (Å²) < 4.78 is 5.50. The molecule has 0 saturated heterocycles. The number of ether oxygens (including phenoxy) is 1. The summed E-state index contributed by atoms with van der Waals surface area (Å²) in [4.78, 5) is 0. The smallest absolute Gasteiger partial charge is 0.161 e. The Balaban J connectivity index is 3.23. The van der Waals surface area contributed by atoms with Crippen LogP contribution in [-0.4, -0.2) is 0 Å². The van der Waals surface area contributed by atoms with Crippen LogP contribution in [0.3, 0.4) is 0 Å². The van der Waals surface area contributed by atoms with Crippen molar-refractivity contribution in [3.8, 4) is 0 Å². The fourth-order valence-electron chi connectivity index (χ4n) is 1.68. The lowest BCUT2D eigenvalue weighted by Gasteiger charge is -2.22. The van der Waals surface area contributed by atoms with Gasteiger partial charge in [-0.15, -0.1) is 13.2 Å². The van der Waals surface area contributed by atoms with Crippen LogP contribution in [0.5, 0.6) is 0 Å². The van der Waals surface area contributed by atoms with E-state index in [1.165, 1.54) is 5.57 Å². The van der Waals surface area contributed by atoms with Crippen LogP contribution < -0.4 is 0 Å². The Morgan fingerprint density at radius 3 is 2.19 bits per heavy atom. The Hall–Kier alpha value is -1.76. The molecule has 0 atom stereocenters. The highest BCUT2D eigenvalue weighted by atomic mass is 16.5. The maximum Gasteiger partial charge on any atom is 0.161 e. The van der Waals surface area contributed by atoms with Crippen LogP contribution in [0.1, 0.15) is 12.8 Å². The molecule has 1 heteroatoms. The van der Waals surface area contributed by atoms with Gasteiger partial charge in [0.15, 0.2) is 6.61 Å². The lowest BCUT2D eigenvalue weighted by molar-refractivity contribution is 0.307. The molecule has 1 nitrogen and oxygen atoms in total. The average molecular weight is 213 g/mol. The molecule has 83 valence electrons. The largest absolute Gasteiger partial charge is 0.481 e. The van der Waals surface area contributed by atoms with E-state index < -0.39 is 0 Å². The van der Waals surface area contributed by atoms with Gasteiger partial charge in [-0.25, -0.2) is 0 Å². The molecule has 0 aliphatic carbocycles. The van der Waals surface area contributed by atoms with Gasteiger partial charge < -0.3 is 4.74 Å². The quantitative estimate of drug-likeness (QED) is 0.599. The Morgan fingerprint density at radius 1 is 1.00 bits per heavy atom. The molecule has 0 aromatic carbocycles. The monoisotopic (exact) mass is 213 g/mol. The van der Waals surface area contributed by atoms with E-state index in [4.69, 9.17) is 4.74 Å². The normalized spacial score (nSPS) is 15.5. The first-order chi connectivity index (χ1) is 7.78. The minimum atomic E-state index is 0.750. The molecular weight excluding hydrogens is 196 g/mol. The van der Waals surface area contributed by atoms with E-state index in [9.17, 15) is 0 Å². The minimum Gasteiger partial charge on any atom is -0.481 e. The molecule has 0 aromatic rings. The van der Waals surface area contributed by atoms with E-state index in [1.54, 1.807) is 18.8 Å². The van der Waals surface area contributed by atoms with Crippen molar-refractivity contribution in [1.29, 1.82) is 0 Å². The average Bonchev–Trinajstić information content (AvgIpc) is 2.31. The second-order valence-corrected chi connectivity index (χ2v) is 3.41. The van der Waals surface area contributed by atoms with Gasteiger partial charge in [-0.05, 0) is 30.1 Å². The first-order valence-corrected chi connectivity index (χ1v) is 5.21. The van der Waals surface area contributed by atoms with Gasteiger partial charge in [-0.3, -0.25) is 0 Å². The van der Waals surface area contributed by atoms with Gasteiger partial charge in [0.2, 0.25) is 0 Å². The van der Waals surface area contributed by atoms with Gasteiger partial charge >= 0.3 is 0 Å². The summed E-state index contributed by atoms with van der Waals surface area (Å²) in [5.74, 6) is 0.750. The second kappa shape index (κ2) is 5.96. The van der Waals surface area contributed by atoms with Gasteiger partial charge in [0.1, 0.15) is 5.76 Å². The van der Waals surface area contributed by atoms with Crippen molar-refractivity contribution in [1.82, 2.24) is 0 Å². The Kier molecular flexibility index (Phi) is 4.59. The minimum absolute atomic E-state index is 0.750. The van der Waals surface area contributed by atoms with Gasteiger partial charge in [-0.2, -0.15) is 0 Å². The summed E-state index contributed by atoms with van der Waals surface area (Å²) in [7, 11) is 0.